The molecule has 0 spiro atoms. The van der Waals surface area contributed by atoms with Gasteiger partial charge in [0.25, 0.3) is 0 Å². The van der Waals surface area contributed by atoms with Gasteiger partial charge < -0.3 is 0 Å². The third kappa shape index (κ3) is 14.5. The van der Waals surface area contributed by atoms with E-state index < -0.39 is 0 Å². The van der Waals surface area contributed by atoms with Crippen molar-refractivity contribution in [3.8, 4) is 0 Å². The molecule has 40 heavy (non-hydrogen) atoms. The van der Waals surface area contributed by atoms with Crippen LogP contribution in [0, 0.1) is 6.92 Å². The zero-order valence-electron chi connectivity index (χ0n) is 23.6. The summed E-state index contributed by atoms with van der Waals surface area (Å²) in [5.74, 6) is 1.39. The summed E-state index contributed by atoms with van der Waals surface area (Å²) in [5, 5.41) is 2.78. The summed E-state index contributed by atoms with van der Waals surface area (Å²) in [6.07, 6.45) is 7.54. The fraction of sp³-hybridized carbons (Fsp3) is 0.450. The molecule has 4 aromatic rings. The molecule has 2 unspecified atom stereocenters. The molecule has 2 atom stereocenters. The number of fused-ring (bicyclic) bond motifs is 1. The quantitative estimate of drug-likeness (QED) is 0.207. The van der Waals surface area contributed by atoms with Crippen LogP contribution in [0.25, 0.3) is 10.8 Å². The Morgan fingerprint density at radius 3 is 1.62 bits per heavy atom. The van der Waals surface area contributed by atoms with E-state index in [1.807, 2.05) is 0 Å². The first-order chi connectivity index (χ1) is 17.5. The molecule has 0 aromatic heterocycles. The molecule has 0 heteroatoms. The van der Waals surface area contributed by atoms with E-state index in [9.17, 15) is 0 Å². The Labute approximate surface area is 251 Å². The standard InChI is InChI=1S/C15H18.C11H16.C10H14.4CH4/c1-3-7-12(2)14-11-6-9-13-8-4-5-10-15(13)14;1-3-7-10(2)11-8-5-4-6-9-11;1-3-4-10-7-5-9(2)6-8-10;;;;/h4-6,8-12H,3,7H2,1-2H3;4-6,8-10H,3,7H2,1-2H3;5-8H,3-4H2,1-2H3;4*1H4. The van der Waals surface area contributed by atoms with Gasteiger partial charge in [0.05, 0.1) is 0 Å². The number of aryl methyl sites for hydroxylation is 2. The largest absolute Gasteiger partial charge is 0.0776 e. The maximum atomic E-state index is 2.32. The van der Waals surface area contributed by atoms with Crippen molar-refractivity contribution in [2.45, 2.75) is 122 Å². The van der Waals surface area contributed by atoms with E-state index in [0.29, 0.717) is 5.92 Å². The number of benzene rings is 4. The molecule has 0 aliphatic heterocycles. The number of hydrogen-bond acceptors (Lipinski definition) is 0. The summed E-state index contributed by atoms with van der Waals surface area (Å²) in [7, 11) is 0. The molecule has 0 heterocycles. The van der Waals surface area contributed by atoms with E-state index in [-0.39, 0.29) is 29.7 Å². The van der Waals surface area contributed by atoms with Crippen molar-refractivity contribution in [2.75, 3.05) is 0 Å². The SMILES string of the molecule is C.C.C.C.CCCC(C)c1cccc2ccccc12.CCCC(C)c1ccccc1.CCCc1ccc(C)cc1. The van der Waals surface area contributed by atoms with Crippen LogP contribution in [0.3, 0.4) is 0 Å². The molecule has 0 aliphatic rings. The van der Waals surface area contributed by atoms with E-state index in [0.717, 1.165) is 5.92 Å². The van der Waals surface area contributed by atoms with Crippen molar-refractivity contribution < 1.29 is 0 Å². The van der Waals surface area contributed by atoms with Crippen molar-refractivity contribution >= 4 is 10.8 Å². The smallest absolute Gasteiger partial charge is 0.0149 e. The molecule has 0 bridgehead atoms. The van der Waals surface area contributed by atoms with Gasteiger partial charge in [-0.15, -0.1) is 0 Å². The van der Waals surface area contributed by atoms with Crippen molar-refractivity contribution in [3.05, 3.63) is 119 Å². The van der Waals surface area contributed by atoms with Crippen LogP contribution < -0.4 is 0 Å². The Morgan fingerprint density at radius 1 is 0.525 bits per heavy atom. The molecule has 0 aliphatic carbocycles. The molecule has 224 valence electrons. The predicted molar refractivity (Wildman–Crippen MR) is 189 cm³/mol. The normalized spacial score (nSPS) is 10.8. The highest BCUT2D eigenvalue weighted by atomic mass is 14.1. The van der Waals surface area contributed by atoms with E-state index in [1.54, 1.807) is 0 Å². The lowest BCUT2D eigenvalue weighted by Crippen LogP contribution is -1.93. The van der Waals surface area contributed by atoms with Crippen molar-refractivity contribution in [1.29, 1.82) is 0 Å². The average Bonchev–Trinajstić information content (AvgIpc) is 2.91. The van der Waals surface area contributed by atoms with E-state index in [4.69, 9.17) is 0 Å². The van der Waals surface area contributed by atoms with Gasteiger partial charge in [-0.2, -0.15) is 0 Å². The van der Waals surface area contributed by atoms with E-state index in [1.165, 1.54) is 71.6 Å². The molecule has 0 saturated heterocycles. The molecule has 0 amide bonds. The highest BCUT2D eigenvalue weighted by Crippen LogP contribution is 2.28. The lowest BCUT2D eigenvalue weighted by atomic mass is 9.92. The van der Waals surface area contributed by atoms with Crippen molar-refractivity contribution in [1.82, 2.24) is 0 Å². The Bertz CT molecular complexity index is 1090. The van der Waals surface area contributed by atoms with E-state index >= 15 is 0 Å². The monoisotopic (exact) mass is 545 g/mol. The Morgan fingerprint density at radius 2 is 1.05 bits per heavy atom. The highest BCUT2D eigenvalue weighted by Gasteiger charge is 2.07. The highest BCUT2D eigenvalue weighted by molar-refractivity contribution is 5.86. The van der Waals surface area contributed by atoms with Crippen LogP contribution in [0.2, 0.25) is 0 Å². The second-order valence-corrected chi connectivity index (χ2v) is 10.1. The topological polar surface area (TPSA) is 0 Å². The molecule has 0 radical (unpaired) electrons. The third-order valence-corrected chi connectivity index (χ3v) is 6.83. The minimum absolute atomic E-state index is 0. The molecular weight excluding hydrogens is 480 g/mol. The average molecular weight is 545 g/mol. The van der Waals surface area contributed by atoms with Crippen LogP contribution >= 0.6 is 0 Å². The second kappa shape index (κ2) is 24.0. The van der Waals surface area contributed by atoms with Gasteiger partial charge in [-0.3, -0.25) is 0 Å². The Hall–Kier alpha value is -2.86. The lowest BCUT2D eigenvalue weighted by Gasteiger charge is -2.13. The van der Waals surface area contributed by atoms with Gasteiger partial charge in [-0.25, -0.2) is 0 Å². The maximum Gasteiger partial charge on any atom is -0.0149 e. The molecular formula is C40H64. The van der Waals surface area contributed by atoms with Crippen molar-refractivity contribution in [3.63, 3.8) is 0 Å². The summed E-state index contributed by atoms with van der Waals surface area (Å²) in [5.41, 5.74) is 5.76. The molecule has 4 aromatic carbocycles. The predicted octanol–water partition coefficient (Wildman–Crippen LogP) is 13.8. The fourth-order valence-corrected chi connectivity index (χ4v) is 4.69. The zero-order chi connectivity index (χ0) is 26.2. The van der Waals surface area contributed by atoms with Gasteiger partial charge in [-0.1, -0.05) is 186 Å². The van der Waals surface area contributed by atoms with Crippen LogP contribution in [-0.4, -0.2) is 0 Å². The number of rotatable bonds is 8. The summed E-state index contributed by atoms with van der Waals surface area (Å²) >= 11 is 0. The van der Waals surface area contributed by atoms with Crippen LogP contribution in [0.15, 0.2) is 97.1 Å². The molecule has 0 saturated carbocycles. The lowest BCUT2D eigenvalue weighted by molar-refractivity contribution is 0.665. The fourth-order valence-electron chi connectivity index (χ4n) is 4.69. The van der Waals surface area contributed by atoms with Crippen LogP contribution in [-0.2, 0) is 6.42 Å². The second-order valence-electron chi connectivity index (χ2n) is 10.1. The maximum absolute atomic E-state index is 2.32. The third-order valence-electron chi connectivity index (χ3n) is 6.83. The minimum Gasteiger partial charge on any atom is -0.0776 e. The summed E-state index contributed by atoms with van der Waals surface area (Å²) in [6.45, 7) is 13.4. The first-order valence-corrected chi connectivity index (χ1v) is 14.1. The van der Waals surface area contributed by atoms with Crippen LogP contribution in [0.1, 0.15) is 131 Å². The molecule has 0 fully saturated rings. The molecule has 0 N–H and O–H groups in total. The summed E-state index contributed by atoms with van der Waals surface area (Å²) in [4.78, 5) is 0. The van der Waals surface area contributed by atoms with Crippen molar-refractivity contribution in [2.24, 2.45) is 0 Å². The summed E-state index contributed by atoms with van der Waals surface area (Å²) in [6, 6.07) is 34.8. The molecule has 0 nitrogen and oxygen atoms in total. The zero-order valence-corrected chi connectivity index (χ0v) is 23.6. The van der Waals surface area contributed by atoms with Gasteiger partial charge >= 0.3 is 0 Å². The van der Waals surface area contributed by atoms with Crippen LogP contribution in [0.4, 0.5) is 0 Å². The first kappa shape index (κ1) is 41.6. The van der Waals surface area contributed by atoms with Gasteiger partial charge in [0.2, 0.25) is 0 Å². The van der Waals surface area contributed by atoms with Gasteiger partial charge in [-0.05, 0) is 65.5 Å². The molecule has 4 rings (SSSR count). The first-order valence-electron chi connectivity index (χ1n) is 14.1. The Kier molecular flexibility index (Phi) is 24.9. The number of hydrogen-bond donors (Lipinski definition) is 0. The Balaban J connectivity index is -0.000000500. The summed E-state index contributed by atoms with van der Waals surface area (Å²) < 4.78 is 0. The van der Waals surface area contributed by atoms with Gasteiger partial charge in [0.1, 0.15) is 0 Å². The minimum atomic E-state index is 0. The van der Waals surface area contributed by atoms with Crippen LogP contribution in [0.5, 0.6) is 0 Å². The van der Waals surface area contributed by atoms with Gasteiger partial charge in [0.15, 0.2) is 0 Å². The van der Waals surface area contributed by atoms with E-state index in [2.05, 4.69) is 139 Å². The van der Waals surface area contributed by atoms with Gasteiger partial charge in [0, 0.05) is 0 Å².